The van der Waals surface area contributed by atoms with Crippen LogP contribution in [0.5, 0.6) is 17.8 Å². The summed E-state index contributed by atoms with van der Waals surface area (Å²) in [6, 6.07) is 6.43. The van der Waals surface area contributed by atoms with Crippen LogP contribution in [0.1, 0.15) is 17.3 Å². The number of primary amides is 1. The SMILES string of the molecule is CCOc1nc(NN)nc(Oc2ccccc2C(N)=O)n1. The average molecular weight is 290 g/mol. The van der Waals surface area contributed by atoms with E-state index in [4.69, 9.17) is 21.1 Å². The van der Waals surface area contributed by atoms with E-state index in [0.29, 0.717) is 6.61 Å². The Labute approximate surface area is 120 Å². The molecule has 0 fully saturated rings. The summed E-state index contributed by atoms with van der Waals surface area (Å²) < 4.78 is 10.6. The molecule has 5 N–H and O–H groups in total. The van der Waals surface area contributed by atoms with Crippen molar-refractivity contribution >= 4 is 11.9 Å². The van der Waals surface area contributed by atoms with Gasteiger partial charge in [-0.1, -0.05) is 12.1 Å². The third-order valence-electron chi connectivity index (χ3n) is 2.35. The Morgan fingerprint density at radius 3 is 2.62 bits per heavy atom. The molecule has 1 heterocycles. The smallest absolute Gasteiger partial charge is 0.330 e. The van der Waals surface area contributed by atoms with Crippen LogP contribution in [0.4, 0.5) is 5.95 Å². The van der Waals surface area contributed by atoms with Crippen LogP contribution in [0.25, 0.3) is 0 Å². The first-order valence-electron chi connectivity index (χ1n) is 6.06. The fraction of sp³-hybridized carbons (Fsp3) is 0.167. The predicted octanol–water partition coefficient (Wildman–Crippen LogP) is 0.447. The Hall–Kier alpha value is -2.94. The first kappa shape index (κ1) is 14.5. The standard InChI is InChI=1S/C12H14N6O3/c1-2-20-11-15-10(18-14)16-12(17-11)21-8-6-4-3-5-7(8)9(13)19/h3-6H,2,14H2,1H3,(H2,13,19)(H,15,16,17,18). The van der Waals surface area contributed by atoms with Gasteiger partial charge in [0.25, 0.3) is 5.91 Å². The summed E-state index contributed by atoms with van der Waals surface area (Å²) in [5, 5.41) is 0. The predicted molar refractivity (Wildman–Crippen MR) is 73.8 cm³/mol. The van der Waals surface area contributed by atoms with Crippen LogP contribution in [0.2, 0.25) is 0 Å². The number of carbonyl (C=O) groups excluding carboxylic acids is 1. The van der Waals surface area contributed by atoms with Crippen LogP contribution in [0.15, 0.2) is 24.3 Å². The Morgan fingerprint density at radius 2 is 1.95 bits per heavy atom. The van der Waals surface area contributed by atoms with Crippen molar-refractivity contribution in [3.63, 3.8) is 0 Å². The summed E-state index contributed by atoms with van der Waals surface area (Å²) in [7, 11) is 0. The highest BCUT2D eigenvalue weighted by Gasteiger charge is 2.13. The van der Waals surface area contributed by atoms with Gasteiger partial charge in [0, 0.05) is 0 Å². The van der Waals surface area contributed by atoms with Crippen LogP contribution >= 0.6 is 0 Å². The highest BCUT2D eigenvalue weighted by atomic mass is 16.5. The van der Waals surface area contributed by atoms with Gasteiger partial charge in [-0.15, -0.1) is 4.98 Å². The van der Waals surface area contributed by atoms with E-state index in [1.165, 1.54) is 6.07 Å². The van der Waals surface area contributed by atoms with Crippen molar-refractivity contribution in [3.05, 3.63) is 29.8 Å². The summed E-state index contributed by atoms with van der Waals surface area (Å²) in [4.78, 5) is 23.1. The maximum atomic E-state index is 11.3. The summed E-state index contributed by atoms with van der Waals surface area (Å²) in [5.41, 5.74) is 7.75. The largest absolute Gasteiger partial charge is 0.464 e. The van der Waals surface area contributed by atoms with E-state index in [2.05, 4.69) is 20.4 Å². The van der Waals surface area contributed by atoms with E-state index in [0.717, 1.165) is 0 Å². The molecule has 110 valence electrons. The molecule has 9 nitrogen and oxygen atoms in total. The van der Waals surface area contributed by atoms with Gasteiger partial charge < -0.3 is 15.2 Å². The second kappa shape index (κ2) is 6.48. The molecule has 2 aromatic rings. The summed E-state index contributed by atoms with van der Waals surface area (Å²) in [6.07, 6.45) is 0. The molecule has 0 aliphatic carbocycles. The summed E-state index contributed by atoms with van der Waals surface area (Å²) >= 11 is 0. The molecule has 2 rings (SSSR count). The number of rotatable bonds is 6. The van der Waals surface area contributed by atoms with Gasteiger partial charge in [0.1, 0.15) is 5.75 Å². The number of hydrogen-bond donors (Lipinski definition) is 3. The molecule has 9 heteroatoms. The number of amides is 1. The van der Waals surface area contributed by atoms with E-state index in [-0.39, 0.29) is 29.3 Å². The molecule has 0 radical (unpaired) electrons. The summed E-state index contributed by atoms with van der Waals surface area (Å²) in [5.74, 6) is 4.94. The van der Waals surface area contributed by atoms with Crippen molar-refractivity contribution in [2.24, 2.45) is 11.6 Å². The summed E-state index contributed by atoms with van der Waals surface area (Å²) in [6.45, 7) is 2.15. The Bertz CT molecular complexity index is 649. The zero-order chi connectivity index (χ0) is 15.2. The molecule has 0 aliphatic rings. The van der Waals surface area contributed by atoms with Gasteiger partial charge in [0.05, 0.1) is 12.2 Å². The normalized spacial score (nSPS) is 10.0. The lowest BCUT2D eigenvalue weighted by Gasteiger charge is -2.09. The van der Waals surface area contributed by atoms with Crippen molar-refractivity contribution in [2.75, 3.05) is 12.0 Å². The average Bonchev–Trinajstić information content (AvgIpc) is 2.47. The zero-order valence-corrected chi connectivity index (χ0v) is 11.2. The first-order chi connectivity index (χ1) is 10.1. The van der Waals surface area contributed by atoms with Crippen molar-refractivity contribution in [1.29, 1.82) is 0 Å². The Morgan fingerprint density at radius 1 is 1.24 bits per heavy atom. The second-order valence-electron chi connectivity index (χ2n) is 3.76. The van der Waals surface area contributed by atoms with Gasteiger partial charge in [0.15, 0.2) is 0 Å². The third-order valence-corrected chi connectivity index (χ3v) is 2.35. The van der Waals surface area contributed by atoms with Gasteiger partial charge in [0.2, 0.25) is 5.95 Å². The van der Waals surface area contributed by atoms with Crippen molar-refractivity contribution < 1.29 is 14.3 Å². The van der Waals surface area contributed by atoms with E-state index in [1.54, 1.807) is 25.1 Å². The minimum Gasteiger partial charge on any atom is -0.464 e. The number of para-hydroxylation sites is 1. The molecular weight excluding hydrogens is 276 g/mol. The van der Waals surface area contributed by atoms with Crippen molar-refractivity contribution in [1.82, 2.24) is 15.0 Å². The minimum atomic E-state index is -0.623. The Kier molecular flexibility index (Phi) is 4.46. The van der Waals surface area contributed by atoms with Crippen molar-refractivity contribution in [3.8, 4) is 17.8 Å². The Balaban J connectivity index is 2.35. The second-order valence-corrected chi connectivity index (χ2v) is 3.76. The number of nitrogens with one attached hydrogen (secondary N) is 1. The van der Waals surface area contributed by atoms with Gasteiger partial charge in [-0.2, -0.15) is 9.97 Å². The molecule has 0 atom stereocenters. The molecule has 0 unspecified atom stereocenters. The van der Waals surface area contributed by atoms with E-state index in [1.807, 2.05) is 0 Å². The van der Waals surface area contributed by atoms with Crippen LogP contribution in [-0.4, -0.2) is 27.5 Å². The fourth-order valence-corrected chi connectivity index (χ4v) is 1.50. The topological polar surface area (TPSA) is 138 Å². The molecule has 0 saturated heterocycles. The third kappa shape index (κ3) is 3.54. The maximum absolute atomic E-state index is 11.3. The van der Waals surface area contributed by atoms with Crippen LogP contribution in [0.3, 0.4) is 0 Å². The van der Waals surface area contributed by atoms with Crippen LogP contribution in [0, 0.1) is 0 Å². The van der Waals surface area contributed by atoms with E-state index in [9.17, 15) is 4.79 Å². The van der Waals surface area contributed by atoms with Gasteiger partial charge in [-0.25, -0.2) is 5.84 Å². The number of benzene rings is 1. The number of hydrogen-bond acceptors (Lipinski definition) is 8. The van der Waals surface area contributed by atoms with Crippen LogP contribution in [-0.2, 0) is 0 Å². The molecular formula is C12H14N6O3. The van der Waals surface area contributed by atoms with Crippen molar-refractivity contribution in [2.45, 2.75) is 6.92 Å². The monoisotopic (exact) mass is 290 g/mol. The molecule has 21 heavy (non-hydrogen) atoms. The van der Waals surface area contributed by atoms with E-state index >= 15 is 0 Å². The molecule has 1 aromatic heterocycles. The van der Waals surface area contributed by atoms with Gasteiger partial charge in [-0.05, 0) is 19.1 Å². The van der Waals surface area contributed by atoms with Gasteiger partial charge >= 0.3 is 12.0 Å². The number of ether oxygens (including phenoxy) is 2. The zero-order valence-electron chi connectivity index (χ0n) is 11.2. The number of nitrogens with zero attached hydrogens (tertiary/aromatic N) is 3. The van der Waals surface area contributed by atoms with Crippen LogP contribution < -0.4 is 26.5 Å². The first-order valence-corrected chi connectivity index (χ1v) is 6.06. The maximum Gasteiger partial charge on any atom is 0.330 e. The number of nitrogens with two attached hydrogens (primary N) is 2. The molecule has 0 bridgehead atoms. The molecule has 0 saturated carbocycles. The number of carbonyl (C=O) groups is 1. The lowest BCUT2D eigenvalue weighted by atomic mass is 10.2. The lowest BCUT2D eigenvalue weighted by Crippen LogP contribution is -2.14. The van der Waals surface area contributed by atoms with E-state index < -0.39 is 5.91 Å². The molecule has 1 amide bonds. The number of anilines is 1. The molecule has 0 aliphatic heterocycles. The highest BCUT2D eigenvalue weighted by molar-refractivity contribution is 5.95. The number of nitrogen functional groups attached to an aromatic ring is 1. The molecule has 0 spiro atoms. The molecule has 1 aromatic carbocycles. The quantitative estimate of drug-likeness (QED) is 0.514. The van der Waals surface area contributed by atoms with Gasteiger partial charge in [-0.3, -0.25) is 10.2 Å². The fourth-order valence-electron chi connectivity index (χ4n) is 1.50. The lowest BCUT2D eigenvalue weighted by molar-refractivity contribution is 0.0998. The number of aromatic nitrogens is 3. The minimum absolute atomic E-state index is 0.0482. The highest BCUT2D eigenvalue weighted by Crippen LogP contribution is 2.24. The number of hydrazine groups is 1.